The van der Waals surface area contributed by atoms with Gasteiger partial charge >= 0.3 is 11.8 Å². The molecule has 2 aromatic carbocycles. The number of morpholine rings is 1. The number of hydrogen-bond acceptors (Lipinski definition) is 6. The Balaban J connectivity index is 1.41. The van der Waals surface area contributed by atoms with Gasteiger partial charge in [-0.15, -0.1) is 10.2 Å². The van der Waals surface area contributed by atoms with Crippen molar-refractivity contribution in [3.8, 4) is 0 Å². The number of para-hydroxylation sites is 2. The second-order valence-electron chi connectivity index (χ2n) is 6.56. The zero-order valence-corrected chi connectivity index (χ0v) is 15.5. The van der Waals surface area contributed by atoms with Crippen LogP contribution < -0.4 is 10.2 Å². The molecular formula is C21H22N4O3. The van der Waals surface area contributed by atoms with Crippen molar-refractivity contribution in [1.29, 1.82) is 0 Å². The van der Waals surface area contributed by atoms with Crippen LogP contribution in [0.25, 0.3) is 0 Å². The number of aryl methyl sites for hydroxylation is 2. The molecule has 2 heterocycles. The van der Waals surface area contributed by atoms with E-state index in [0.717, 1.165) is 30.9 Å². The summed E-state index contributed by atoms with van der Waals surface area (Å²) in [6.07, 6.45) is 1.37. The fourth-order valence-electron chi connectivity index (χ4n) is 3.18. The van der Waals surface area contributed by atoms with Crippen LogP contribution in [0, 0.1) is 0 Å². The lowest BCUT2D eigenvalue weighted by atomic mass is 10.1. The normalized spacial score (nSPS) is 14.1. The Morgan fingerprint density at radius 2 is 1.71 bits per heavy atom. The molecule has 1 saturated heterocycles. The molecule has 1 N–H and O–H groups in total. The summed E-state index contributed by atoms with van der Waals surface area (Å²) in [7, 11) is 0. The molecule has 28 heavy (non-hydrogen) atoms. The number of amides is 1. The highest BCUT2D eigenvalue weighted by Gasteiger charge is 2.19. The van der Waals surface area contributed by atoms with Gasteiger partial charge in [0.15, 0.2) is 0 Å². The van der Waals surface area contributed by atoms with Gasteiger partial charge in [0.05, 0.1) is 24.6 Å². The summed E-state index contributed by atoms with van der Waals surface area (Å²) < 4.78 is 11.0. The minimum Gasteiger partial charge on any atom is -0.417 e. The first kappa shape index (κ1) is 18.2. The number of ether oxygens (including phenoxy) is 1. The number of aromatic nitrogens is 2. The van der Waals surface area contributed by atoms with E-state index in [1.807, 2.05) is 54.6 Å². The molecule has 1 aliphatic rings. The van der Waals surface area contributed by atoms with Crippen LogP contribution in [0.5, 0.6) is 0 Å². The number of carbonyl (C=O) groups excluding carboxylic acids is 1. The SMILES string of the molecule is O=C(Nc1ccccc1N1CCOCC1)c1nnc(CCc2ccccc2)o1. The minimum absolute atomic E-state index is 0.0279. The zero-order chi connectivity index (χ0) is 19.2. The van der Waals surface area contributed by atoms with Crippen molar-refractivity contribution in [2.45, 2.75) is 12.8 Å². The molecule has 0 spiro atoms. The average molecular weight is 378 g/mol. The maximum atomic E-state index is 12.6. The summed E-state index contributed by atoms with van der Waals surface area (Å²) in [5.41, 5.74) is 2.87. The van der Waals surface area contributed by atoms with Gasteiger partial charge in [0, 0.05) is 19.5 Å². The minimum atomic E-state index is -0.404. The Morgan fingerprint density at radius 3 is 2.54 bits per heavy atom. The van der Waals surface area contributed by atoms with Crippen molar-refractivity contribution in [3.05, 3.63) is 71.9 Å². The van der Waals surface area contributed by atoms with Crippen LogP contribution in [-0.4, -0.2) is 42.4 Å². The van der Waals surface area contributed by atoms with Gasteiger partial charge in [0.25, 0.3) is 0 Å². The number of hydrogen-bond donors (Lipinski definition) is 1. The summed E-state index contributed by atoms with van der Waals surface area (Å²) in [6, 6.07) is 17.8. The molecule has 0 atom stereocenters. The lowest BCUT2D eigenvalue weighted by Gasteiger charge is -2.30. The van der Waals surface area contributed by atoms with E-state index in [0.29, 0.717) is 25.5 Å². The zero-order valence-electron chi connectivity index (χ0n) is 15.5. The fourth-order valence-corrected chi connectivity index (χ4v) is 3.18. The van der Waals surface area contributed by atoms with Crippen LogP contribution >= 0.6 is 0 Å². The van der Waals surface area contributed by atoms with Crippen molar-refractivity contribution in [3.63, 3.8) is 0 Å². The van der Waals surface area contributed by atoms with Gasteiger partial charge in [-0.1, -0.05) is 42.5 Å². The smallest absolute Gasteiger partial charge is 0.313 e. The molecule has 1 amide bonds. The average Bonchev–Trinajstić information content (AvgIpc) is 3.23. The van der Waals surface area contributed by atoms with E-state index >= 15 is 0 Å². The largest absolute Gasteiger partial charge is 0.417 e. The molecule has 0 aliphatic carbocycles. The molecular weight excluding hydrogens is 356 g/mol. The Kier molecular flexibility index (Phi) is 5.63. The Labute approximate surface area is 163 Å². The number of carbonyl (C=O) groups is 1. The summed E-state index contributed by atoms with van der Waals surface area (Å²) in [4.78, 5) is 14.8. The topological polar surface area (TPSA) is 80.5 Å². The molecule has 144 valence electrons. The van der Waals surface area contributed by atoms with Crippen LogP contribution in [0.1, 0.15) is 22.1 Å². The maximum absolute atomic E-state index is 12.6. The fraction of sp³-hybridized carbons (Fsp3) is 0.286. The van der Waals surface area contributed by atoms with Gasteiger partial charge in [0.2, 0.25) is 5.89 Å². The highest BCUT2D eigenvalue weighted by molar-refractivity contribution is 6.02. The highest BCUT2D eigenvalue weighted by Crippen LogP contribution is 2.26. The highest BCUT2D eigenvalue weighted by atomic mass is 16.5. The molecule has 1 fully saturated rings. The Bertz CT molecular complexity index is 920. The summed E-state index contributed by atoms with van der Waals surface area (Å²) in [5.74, 6) is 0.0227. The van der Waals surface area contributed by atoms with E-state index in [9.17, 15) is 4.79 Å². The van der Waals surface area contributed by atoms with Crippen LogP contribution in [0.15, 0.2) is 59.0 Å². The first-order valence-corrected chi connectivity index (χ1v) is 9.39. The van der Waals surface area contributed by atoms with E-state index in [-0.39, 0.29) is 5.89 Å². The van der Waals surface area contributed by atoms with Gasteiger partial charge in [-0.3, -0.25) is 4.79 Å². The summed E-state index contributed by atoms with van der Waals surface area (Å²) in [6.45, 7) is 2.93. The predicted octanol–water partition coefficient (Wildman–Crippen LogP) is 2.94. The second kappa shape index (κ2) is 8.67. The third-order valence-electron chi connectivity index (χ3n) is 4.64. The van der Waals surface area contributed by atoms with Gasteiger partial charge < -0.3 is 19.4 Å². The van der Waals surface area contributed by atoms with E-state index in [2.05, 4.69) is 20.4 Å². The molecule has 0 bridgehead atoms. The number of benzene rings is 2. The molecule has 1 aromatic heterocycles. The number of rotatable bonds is 6. The molecule has 7 nitrogen and oxygen atoms in total. The van der Waals surface area contributed by atoms with Crippen LogP contribution in [0.4, 0.5) is 11.4 Å². The van der Waals surface area contributed by atoms with Crippen molar-refractivity contribution in [1.82, 2.24) is 10.2 Å². The van der Waals surface area contributed by atoms with Crippen molar-refractivity contribution >= 4 is 17.3 Å². The third-order valence-corrected chi connectivity index (χ3v) is 4.64. The van der Waals surface area contributed by atoms with Crippen LogP contribution in [-0.2, 0) is 17.6 Å². The second-order valence-corrected chi connectivity index (χ2v) is 6.56. The van der Waals surface area contributed by atoms with Crippen LogP contribution in [0.3, 0.4) is 0 Å². The van der Waals surface area contributed by atoms with Gasteiger partial charge in [-0.05, 0) is 24.1 Å². The molecule has 7 heteroatoms. The Hall–Kier alpha value is -3.19. The molecule has 0 radical (unpaired) electrons. The monoisotopic (exact) mass is 378 g/mol. The summed E-state index contributed by atoms with van der Waals surface area (Å²) in [5, 5.41) is 10.8. The van der Waals surface area contributed by atoms with E-state index in [4.69, 9.17) is 9.15 Å². The maximum Gasteiger partial charge on any atom is 0.313 e. The molecule has 3 aromatic rings. The first-order valence-electron chi connectivity index (χ1n) is 9.39. The van der Waals surface area contributed by atoms with Gasteiger partial charge in [-0.2, -0.15) is 0 Å². The van der Waals surface area contributed by atoms with Crippen LogP contribution in [0.2, 0.25) is 0 Å². The van der Waals surface area contributed by atoms with Gasteiger partial charge in [0.1, 0.15) is 0 Å². The van der Waals surface area contributed by atoms with Crippen molar-refractivity contribution < 1.29 is 13.9 Å². The molecule has 4 rings (SSSR count). The Morgan fingerprint density at radius 1 is 0.964 bits per heavy atom. The number of anilines is 2. The third kappa shape index (κ3) is 4.37. The number of nitrogens with one attached hydrogen (secondary N) is 1. The predicted molar refractivity (Wildman–Crippen MR) is 106 cm³/mol. The number of nitrogens with zero attached hydrogens (tertiary/aromatic N) is 3. The summed E-state index contributed by atoms with van der Waals surface area (Å²) >= 11 is 0. The lowest BCUT2D eigenvalue weighted by molar-refractivity contribution is 0.0988. The molecule has 1 aliphatic heterocycles. The van der Waals surface area contributed by atoms with E-state index in [1.165, 1.54) is 5.56 Å². The van der Waals surface area contributed by atoms with E-state index < -0.39 is 5.91 Å². The lowest BCUT2D eigenvalue weighted by Crippen LogP contribution is -2.36. The quantitative estimate of drug-likeness (QED) is 0.710. The first-order chi connectivity index (χ1) is 13.8. The molecule has 0 unspecified atom stereocenters. The molecule has 0 saturated carbocycles. The van der Waals surface area contributed by atoms with E-state index in [1.54, 1.807) is 0 Å². The standard InChI is InChI=1S/C21H22N4O3/c26-20(21-24-23-19(28-21)11-10-16-6-2-1-3-7-16)22-17-8-4-5-9-18(17)25-12-14-27-15-13-25/h1-9H,10-15H2,(H,22,26). The van der Waals surface area contributed by atoms with Crippen molar-refractivity contribution in [2.24, 2.45) is 0 Å². The van der Waals surface area contributed by atoms with Gasteiger partial charge in [-0.25, -0.2) is 0 Å². The van der Waals surface area contributed by atoms with Crippen molar-refractivity contribution in [2.75, 3.05) is 36.5 Å².